The molecule has 0 atom stereocenters. The Morgan fingerprint density at radius 3 is 2.94 bits per heavy atom. The molecule has 0 amide bonds. The van der Waals surface area contributed by atoms with Gasteiger partial charge in [0, 0.05) is 11.4 Å². The number of carbonyl (C=O) groups is 1. The van der Waals surface area contributed by atoms with Crippen LogP contribution >= 0.6 is 11.6 Å². The quantitative estimate of drug-likeness (QED) is 0.879. The third-order valence-corrected chi connectivity index (χ3v) is 2.53. The fourth-order valence-electron chi connectivity index (χ4n) is 1.51. The molecule has 0 saturated carbocycles. The maximum absolute atomic E-state index is 10.5. The summed E-state index contributed by atoms with van der Waals surface area (Å²) in [7, 11) is 0. The highest BCUT2D eigenvalue weighted by molar-refractivity contribution is 6.30. The molecular formula is C11H11ClN4O2. The van der Waals surface area contributed by atoms with E-state index in [1.807, 2.05) is 24.3 Å². The summed E-state index contributed by atoms with van der Waals surface area (Å²) in [5, 5.41) is 20.7. The fraction of sp³-hybridized carbons (Fsp3) is 0.273. The van der Waals surface area contributed by atoms with Gasteiger partial charge in [-0.3, -0.25) is 4.79 Å². The Bertz CT molecular complexity index is 555. The topological polar surface area (TPSA) is 80.9 Å². The van der Waals surface area contributed by atoms with E-state index >= 15 is 0 Å². The van der Waals surface area contributed by atoms with Crippen molar-refractivity contribution >= 4 is 17.6 Å². The molecule has 0 radical (unpaired) electrons. The Morgan fingerprint density at radius 2 is 2.22 bits per heavy atom. The molecule has 1 aromatic heterocycles. The first kappa shape index (κ1) is 12.5. The largest absolute Gasteiger partial charge is 0.480 e. The molecule has 7 heteroatoms. The summed E-state index contributed by atoms with van der Waals surface area (Å²) < 4.78 is 0. The second kappa shape index (κ2) is 5.59. The van der Waals surface area contributed by atoms with Crippen LogP contribution < -0.4 is 0 Å². The molecule has 0 aliphatic rings. The number of nitrogens with zero attached hydrogens (tertiary/aromatic N) is 4. The van der Waals surface area contributed by atoms with E-state index in [-0.39, 0.29) is 6.54 Å². The lowest BCUT2D eigenvalue weighted by Crippen LogP contribution is -2.11. The van der Waals surface area contributed by atoms with Gasteiger partial charge in [-0.25, -0.2) is 0 Å². The minimum Gasteiger partial charge on any atom is -0.480 e. The van der Waals surface area contributed by atoms with Crippen molar-refractivity contribution in [1.82, 2.24) is 20.2 Å². The highest BCUT2D eigenvalue weighted by atomic mass is 35.5. The highest BCUT2D eigenvalue weighted by Gasteiger charge is 2.06. The summed E-state index contributed by atoms with van der Waals surface area (Å²) in [6.07, 6.45) is 1.33. The lowest BCUT2D eigenvalue weighted by atomic mass is 10.1. The number of aromatic nitrogens is 4. The molecule has 18 heavy (non-hydrogen) atoms. The van der Waals surface area contributed by atoms with Crippen molar-refractivity contribution in [1.29, 1.82) is 0 Å². The van der Waals surface area contributed by atoms with E-state index in [0.29, 0.717) is 17.3 Å². The Labute approximate surface area is 108 Å². The normalized spacial score (nSPS) is 10.5. The number of aryl methyl sites for hydroxylation is 2. The Kier molecular flexibility index (Phi) is 3.88. The SMILES string of the molecule is O=C(O)Cn1nnc(CCc2cccc(Cl)c2)n1. The number of tetrazole rings is 1. The van der Waals surface area contributed by atoms with Crippen LogP contribution in [0.1, 0.15) is 11.4 Å². The molecule has 1 N–H and O–H groups in total. The zero-order valence-corrected chi connectivity index (χ0v) is 10.2. The summed E-state index contributed by atoms with van der Waals surface area (Å²) in [5.74, 6) is -0.468. The van der Waals surface area contributed by atoms with Crippen LogP contribution in [0.3, 0.4) is 0 Å². The first-order valence-corrected chi connectivity index (χ1v) is 5.74. The Morgan fingerprint density at radius 1 is 1.39 bits per heavy atom. The maximum atomic E-state index is 10.5. The zero-order chi connectivity index (χ0) is 13.0. The van der Waals surface area contributed by atoms with Crippen LogP contribution in [0.2, 0.25) is 5.02 Å². The van der Waals surface area contributed by atoms with Crippen LogP contribution in [0.4, 0.5) is 0 Å². The van der Waals surface area contributed by atoms with Gasteiger partial charge in [-0.05, 0) is 29.3 Å². The van der Waals surface area contributed by atoms with E-state index in [2.05, 4.69) is 15.4 Å². The van der Waals surface area contributed by atoms with Crippen molar-refractivity contribution in [2.24, 2.45) is 0 Å². The predicted octanol–water partition coefficient (Wildman–Crippen LogP) is 1.20. The molecule has 0 saturated heterocycles. The average molecular weight is 267 g/mol. The number of halogens is 1. The van der Waals surface area contributed by atoms with Crippen LogP contribution in [0.25, 0.3) is 0 Å². The van der Waals surface area contributed by atoms with Gasteiger partial charge in [-0.2, -0.15) is 4.80 Å². The maximum Gasteiger partial charge on any atom is 0.327 e. The molecule has 2 rings (SSSR count). The van der Waals surface area contributed by atoms with Crippen molar-refractivity contribution in [3.05, 3.63) is 40.7 Å². The number of carboxylic acid groups (broad SMARTS) is 1. The average Bonchev–Trinajstić information content (AvgIpc) is 2.73. The third kappa shape index (κ3) is 3.53. The molecule has 6 nitrogen and oxygen atoms in total. The fourth-order valence-corrected chi connectivity index (χ4v) is 1.73. The smallest absolute Gasteiger partial charge is 0.327 e. The van der Waals surface area contributed by atoms with Gasteiger partial charge in [0.15, 0.2) is 12.4 Å². The number of hydrogen-bond donors (Lipinski definition) is 1. The Balaban J connectivity index is 1.94. The molecule has 0 aliphatic heterocycles. The summed E-state index contributed by atoms with van der Waals surface area (Å²) in [5.41, 5.74) is 1.08. The van der Waals surface area contributed by atoms with Gasteiger partial charge >= 0.3 is 5.97 Å². The second-order valence-corrected chi connectivity index (χ2v) is 4.20. The van der Waals surface area contributed by atoms with E-state index in [9.17, 15) is 4.79 Å². The van der Waals surface area contributed by atoms with Crippen LogP contribution in [0.5, 0.6) is 0 Å². The molecule has 1 heterocycles. The van der Waals surface area contributed by atoms with Crippen molar-refractivity contribution < 1.29 is 9.90 Å². The molecule has 0 unspecified atom stereocenters. The van der Waals surface area contributed by atoms with Crippen molar-refractivity contribution in [3.8, 4) is 0 Å². The van der Waals surface area contributed by atoms with Gasteiger partial charge < -0.3 is 5.11 Å². The monoisotopic (exact) mass is 266 g/mol. The van der Waals surface area contributed by atoms with E-state index in [1.54, 1.807) is 0 Å². The van der Waals surface area contributed by atoms with E-state index < -0.39 is 5.97 Å². The van der Waals surface area contributed by atoms with Crippen molar-refractivity contribution in [3.63, 3.8) is 0 Å². The standard InChI is InChI=1S/C11H11ClN4O2/c12-9-3-1-2-8(6-9)4-5-10-13-15-16(14-10)7-11(17)18/h1-3,6H,4-5,7H2,(H,17,18). The summed E-state index contributed by atoms with van der Waals surface area (Å²) in [4.78, 5) is 11.5. The van der Waals surface area contributed by atoms with Crippen LogP contribution in [-0.4, -0.2) is 31.3 Å². The van der Waals surface area contributed by atoms with Gasteiger partial charge in [0.1, 0.15) is 0 Å². The summed E-state index contributed by atoms with van der Waals surface area (Å²) >= 11 is 5.88. The highest BCUT2D eigenvalue weighted by Crippen LogP contribution is 2.12. The minimum atomic E-state index is -0.992. The Hall–Kier alpha value is -1.95. The third-order valence-electron chi connectivity index (χ3n) is 2.30. The number of carboxylic acids is 1. The number of benzene rings is 1. The molecule has 0 bridgehead atoms. The molecule has 0 spiro atoms. The lowest BCUT2D eigenvalue weighted by Gasteiger charge is -1.98. The van der Waals surface area contributed by atoms with Gasteiger partial charge in [-0.15, -0.1) is 10.2 Å². The molecule has 2 aromatic rings. The second-order valence-electron chi connectivity index (χ2n) is 3.76. The number of hydrogen-bond acceptors (Lipinski definition) is 4. The molecular weight excluding hydrogens is 256 g/mol. The summed E-state index contributed by atoms with van der Waals surface area (Å²) in [6.45, 7) is -0.274. The lowest BCUT2D eigenvalue weighted by molar-refractivity contribution is -0.138. The van der Waals surface area contributed by atoms with E-state index in [0.717, 1.165) is 16.8 Å². The molecule has 94 valence electrons. The zero-order valence-electron chi connectivity index (χ0n) is 9.45. The predicted molar refractivity (Wildman–Crippen MR) is 64.3 cm³/mol. The first-order valence-electron chi connectivity index (χ1n) is 5.36. The summed E-state index contributed by atoms with van der Waals surface area (Å²) in [6, 6.07) is 7.54. The van der Waals surface area contributed by atoms with Crippen LogP contribution in [-0.2, 0) is 24.2 Å². The first-order chi connectivity index (χ1) is 8.63. The van der Waals surface area contributed by atoms with Crippen LogP contribution in [0.15, 0.2) is 24.3 Å². The van der Waals surface area contributed by atoms with Crippen molar-refractivity contribution in [2.45, 2.75) is 19.4 Å². The van der Waals surface area contributed by atoms with Gasteiger partial charge in [0.05, 0.1) is 0 Å². The van der Waals surface area contributed by atoms with Gasteiger partial charge in [0.25, 0.3) is 0 Å². The van der Waals surface area contributed by atoms with E-state index in [1.165, 1.54) is 0 Å². The van der Waals surface area contributed by atoms with E-state index in [4.69, 9.17) is 16.7 Å². The minimum absolute atomic E-state index is 0.274. The number of aliphatic carboxylic acids is 1. The molecule has 1 aromatic carbocycles. The molecule has 0 aliphatic carbocycles. The van der Waals surface area contributed by atoms with Crippen molar-refractivity contribution in [2.75, 3.05) is 0 Å². The van der Waals surface area contributed by atoms with Crippen LogP contribution in [0, 0.1) is 0 Å². The molecule has 0 fully saturated rings. The number of rotatable bonds is 5. The van der Waals surface area contributed by atoms with Gasteiger partial charge in [0.2, 0.25) is 0 Å². The van der Waals surface area contributed by atoms with Gasteiger partial charge in [-0.1, -0.05) is 23.7 Å².